The Hall–Kier alpha value is -3.62. The van der Waals surface area contributed by atoms with Gasteiger partial charge in [-0.05, 0) is 25.1 Å². The fourth-order valence-electron chi connectivity index (χ4n) is 2.80. The summed E-state index contributed by atoms with van der Waals surface area (Å²) in [7, 11) is 0. The summed E-state index contributed by atoms with van der Waals surface area (Å²) in [5.74, 6) is -1.49. The topological polar surface area (TPSA) is 111 Å². The molecule has 2 N–H and O–H groups in total. The number of nitriles is 1. The van der Waals surface area contributed by atoms with Gasteiger partial charge in [-0.1, -0.05) is 5.16 Å². The first-order chi connectivity index (χ1) is 14.1. The van der Waals surface area contributed by atoms with E-state index in [9.17, 15) is 27.2 Å². The third kappa shape index (κ3) is 4.35. The van der Waals surface area contributed by atoms with Crippen LogP contribution >= 0.6 is 0 Å². The van der Waals surface area contributed by atoms with Crippen molar-refractivity contribution in [1.82, 2.24) is 15.4 Å². The maximum Gasteiger partial charge on any atom is 0.408 e. The second-order valence-corrected chi connectivity index (χ2v) is 6.58. The minimum Gasteiger partial charge on any atom is -0.360 e. The summed E-state index contributed by atoms with van der Waals surface area (Å²) in [5.41, 5.74) is -0.177. The highest BCUT2D eigenvalue weighted by atomic mass is 19.4. The van der Waals surface area contributed by atoms with Crippen LogP contribution < -0.4 is 10.6 Å². The zero-order valence-corrected chi connectivity index (χ0v) is 15.5. The van der Waals surface area contributed by atoms with E-state index in [0.29, 0.717) is 5.76 Å². The summed E-state index contributed by atoms with van der Waals surface area (Å²) in [6.45, 7) is 0.864. The van der Waals surface area contributed by atoms with E-state index in [1.807, 2.05) is 0 Å². The Morgan fingerprint density at radius 2 is 2.10 bits per heavy atom. The van der Waals surface area contributed by atoms with Gasteiger partial charge in [0.25, 0.3) is 5.91 Å². The lowest BCUT2D eigenvalue weighted by molar-refractivity contribution is -0.149. The van der Waals surface area contributed by atoms with E-state index < -0.39 is 30.0 Å². The molecular weight excluding hydrogens is 410 g/mol. The van der Waals surface area contributed by atoms with E-state index >= 15 is 0 Å². The van der Waals surface area contributed by atoms with Crippen LogP contribution in [0.15, 0.2) is 22.7 Å². The van der Waals surface area contributed by atoms with Crippen molar-refractivity contribution in [3.63, 3.8) is 0 Å². The van der Waals surface area contributed by atoms with Gasteiger partial charge < -0.3 is 20.1 Å². The van der Waals surface area contributed by atoms with Crippen molar-refractivity contribution in [2.24, 2.45) is 0 Å². The van der Waals surface area contributed by atoms with E-state index in [1.165, 1.54) is 17.0 Å². The molecule has 8 nitrogen and oxygen atoms in total. The van der Waals surface area contributed by atoms with Gasteiger partial charge in [0.2, 0.25) is 0 Å². The SMILES string of the molecule is C[C@@H](NC(=O)c1noc2c1CN(C(=O)Nc1ccc(F)c(C#N)c1)CC2)C(F)(F)F. The van der Waals surface area contributed by atoms with E-state index in [-0.39, 0.29) is 42.0 Å². The molecule has 0 unspecified atom stereocenters. The number of anilines is 1. The fraction of sp³-hybridized carbons (Fsp3) is 0.333. The molecule has 30 heavy (non-hydrogen) atoms. The smallest absolute Gasteiger partial charge is 0.360 e. The summed E-state index contributed by atoms with van der Waals surface area (Å²) >= 11 is 0. The van der Waals surface area contributed by atoms with Crippen molar-refractivity contribution in [2.75, 3.05) is 11.9 Å². The molecular formula is C18H15F4N5O3. The van der Waals surface area contributed by atoms with Crippen LogP contribution in [0.5, 0.6) is 0 Å². The minimum atomic E-state index is -4.62. The highest BCUT2D eigenvalue weighted by Crippen LogP contribution is 2.25. The van der Waals surface area contributed by atoms with E-state index in [4.69, 9.17) is 9.78 Å². The number of amides is 3. The highest BCUT2D eigenvalue weighted by molar-refractivity contribution is 5.94. The van der Waals surface area contributed by atoms with Gasteiger partial charge in [0, 0.05) is 24.2 Å². The molecule has 12 heteroatoms. The summed E-state index contributed by atoms with van der Waals surface area (Å²) in [5, 5.41) is 16.7. The van der Waals surface area contributed by atoms with E-state index in [2.05, 4.69) is 10.5 Å². The van der Waals surface area contributed by atoms with Crippen molar-refractivity contribution >= 4 is 17.6 Å². The van der Waals surface area contributed by atoms with Gasteiger partial charge in [-0.15, -0.1) is 0 Å². The van der Waals surface area contributed by atoms with Crippen LogP contribution in [0, 0.1) is 17.1 Å². The molecule has 0 fully saturated rings. The van der Waals surface area contributed by atoms with Crippen molar-refractivity contribution in [3.05, 3.63) is 46.6 Å². The summed E-state index contributed by atoms with van der Waals surface area (Å²) in [6.07, 6.45) is -4.42. The summed E-state index contributed by atoms with van der Waals surface area (Å²) in [6, 6.07) is 2.44. The molecule has 2 heterocycles. The zero-order valence-electron chi connectivity index (χ0n) is 15.5. The van der Waals surface area contributed by atoms with Gasteiger partial charge >= 0.3 is 12.2 Å². The molecule has 0 saturated heterocycles. The Balaban J connectivity index is 1.72. The number of nitrogens with zero attached hydrogens (tertiary/aromatic N) is 3. The third-order valence-corrected chi connectivity index (χ3v) is 4.51. The quantitative estimate of drug-likeness (QED) is 0.735. The molecule has 3 amide bonds. The number of halogens is 4. The van der Waals surface area contributed by atoms with Gasteiger partial charge in [-0.3, -0.25) is 4.79 Å². The second-order valence-electron chi connectivity index (χ2n) is 6.58. The molecule has 1 aromatic heterocycles. The van der Waals surface area contributed by atoms with Gasteiger partial charge in [-0.2, -0.15) is 18.4 Å². The number of alkyl halides is 3. The van der Waals surface area contributed by atoms with Crippen LogP contribution in [0.3, 0.4) is 0 Å². The Morgan fingerprint density at radius 3 is 2.77 bits per heavy atom. The Kier molecular flexibility index (Phi) is 5.64. The van der Waals surface area contributed by atoms with Gasteiger partial charge in [-0.25, -0.2) is 9.18 Å². The number of aromatic nitrogens is 1. The summed E-state index contributed by atoms with van der Waals surface area (Å²) < 4.78 is 56.5. The molecule has 158 valence electrons. The molecule has 0 spiro atoms. The minimum absolute atomic E-state index is 0.125. The van der Waals surface area contributed by atoms with Gasteiger partial charge in [0.15, 0.2) is 5.69 Å². The maximum absolute atomic E-state index is 13.4. The molecule has 0 aliphatic carbocycles. The lowest BCUT2D eigenvalue weighted by Gasteiger charge is -2.26. The molecule has 1 aliphatic rings. The van der Waals surface area contributed by atoms with Crippen LogP contribution in [0.2, 0.25) is 0 Å². The van der Waals surface area contributed by atoms with Crippen LogP contribution in [-0.2, 0) is 13.0 Å². The van der Waals surface area contributed by atoms with Crippen LogP contribution in [0.25, 0.3) is 0 Å². The molecule has 1 atom stereocenters. The highest BCUT2D eigenvalue weighted by Gasteiger charge is 2.38. The number of urea groups is 1. The number of rotatable bonds is 3. The van der Waals surface area contributed by atoms with Crippen molar-refractivity contribution in [2.45, 2.75) is 32.1 Å². The lowest BCUT2D eigenvalue weighted by atomic mass is 10.1. The fourth-order valence-corrected chi connectivity index (χ4v) is 2.80. The molecule has 3 rings (SSSR count). The molecule has 0 bridgehead atoms. The zero-order chi connectivity index (χ0) is 22.1. The predicted molar refractivity (Wildman–Crippen MR) is 93.7 cm³/mol. The number of fused-ring (bicyclic) bond motifs is 1. The Labute approximate surface area is 167 Å². The number of carbonyl (C=O) groups is 2. The number of carbonyl (C=O) groups excluding carboxylic acids is 2. The summed E-state index contributed by atoms with van der Waals surface area (Å²) in [4.78, 5) is 26.0. The molecule has 0 radical (unpaired) electrons. The number of nitrogens with one attached hydrogen (secondary N) is 2. The van der Waals surface area contributed by atoms with Crippen molar-refractivity contribution in [3.8, 4) is 6.07 Å². The first-order valence-electron chi connectivity index (χ1n) is 8.70. The van der Waals surface area contributed by atoms with Gasteiger partial charge in [0.1, 0.15) is 23.7 Å². The first-order valence-corrected chi connectivity index (χ1v) is 8.70. The lowest BCUT2D eigenvalue weighted by Crippen LogP contribution is -2.44. The standard InChI is InChI=1S/C18H15F4N5O3/c1-9(18(20,21)22)24-16(28)15-12-8-27(5-4-14(12)30-26-15)17(29)25-11-2-3-13(19)10(6-11)7-23/h2-3,6,9H,4-5,8H2,1H3,(H,24,28)(H,25,29)/t9-/m1/s1. The number of benzene rings is 1. The molecule has 1 aliphatic heterocycles. The maximum atomic E-state index is 13.4. The van der Waals surface area contributed by atoms with Crippen molar-refractivity contribution < 1.29 is 31.7 Å². The van der Waals surface area contributed by atoms with Crippen molar-refractivity contribution in [1.29, 1.82) is 5.26 Å². The van der Waals surface area contributed by atoms with Crippen LogP contribution in [0.1, 0.15) is 34.3 Å². The first kappa shape index (κ1) is 21.1. The monoisotopic (exact) mass is 425 g/mol. The van der Waals surface area contributed by atoms with Crippen LogP contribution in [0.4, 0.5) is 28.0 Å². The Bertz CT molecular complexity index is 1030. The molecule has 2 aromatic rings. The predicted octanol–water partition coefficient (Wildman–Crippen LogP) is 2.96. The Morgan fingerprint density at radius 1 is 1.37 bits per heavy atom. The normalized spacial score (nSPS) is 14.5. The van der Waals surface area contributed by atoms with Gasteiger partial charge in [0.05, 0.1) is 12.1 Å². The van der Waals surface area contributed by atoms with Crippen LogP contribution in [-0.4, -0.2) is 40.8 Å². The average Bonchev–Trinajstić information content (AvgIpc) is 3.11. The largest absolute Gasteiger partial charge is 0.408 e. The average molecular weight is 425 g/mol. The second kappa shape index (κ2) is 8.02. The molecule has 0 saturated carbocycles. The molecule has 1 aromatic carbocycles. The number of hydrogen-bond donors (Lipinski definition) is 2. The van der Waals surface area contributed by atoms with E-state index in [0.717, 1.165) is 13.0 Å². The number of hydrogen-bond acceptors (Lipinski definition) is 5. The third-order valence-electron chi connectivity index (χ3n) is 4.51. The van der Waals surface area contributed by atoms with E-state index in [1.54, 1.807) is 11.4 Å².